The first-order chi connectivity index (χ1) is 9.15. The largest absolute Gasteiger partial charge is 0.314 e. The molecule has 0 aromatic heterocycles. The van der Waals surface area contributed by atoms with Gasteiger partial charge in [0.1, 0.15) is 5.78 Å². The molecule has 1 aliphatic rings. The zero-order valence-corrected chi connectivity index (χ0v) is 12.2. The summed E-state index contributed by atoms with van der Waals surface area (Å²) in [6, 6.07) is 8.20. The van der Waals surface area contributed by atoms with E-state index in [1.165, 1.54) is 30.4 Å². The number of benzene rings is 1. The van der Waals surface area contributed by atoms with Crippen molar-refractivity contribution in [3.63, 3.8) is 0 Å². The maximum Gasteiger partial charge on any atom is 0.139 e. The van der Waals surface area contributed by atoms with E-state index in [0.29, 0.717) is 18.6 Å². The Morgan fingerprint density at radius 2 is 1.89 bits per heavy atom. The highest BCUT2D eigenvalue weighted by Crippen LogP contribution is 2.31. The fraction of sp³-hybridized carbons (Fsp3) is 0.588. The Labute approximate surface area is 116 Å². The summed E-state index contributed by atoms with van der Waals surface area (Å²) in [4.78, 5) is 12.4. The number of aryl methyl sites for hydroxylation is 1. The minimum Gasteiger partial charge on any atom is -0.314 e. The van der Waals surface area contributed by atoms with Gasteiger partial charge in [-0.15, -0.1) is 0 Å². The molecule has 0 unspecified atom stereocenters. The van der Waals surface area contributed by atoms with Crippen LogP contribution in [0.2, 0.25) is 0 Å². The Morgan fingerprint density at radius 3 is 2.53 bits per heavy atom. The molecule has 104 valence electrons. The smallest absolute Gasteiger partial charge is 0.139 e. The molecule has 0 heterocycles. The Morgan fingerprint density at radius 1 is 1.21 bits per heavy atom. The van der Waals surface area contributed by atoms with Gasteiger partial charge in [0.25, 0.3) is 0 Å². The average molecular weight is 259 g/mol. The lowest BCUT2D eigenvalue weighted by molar-refractivity contribution is -0.120. The highest BCUT2D eigenvalue weighted by atomic mass is 16.1. The number of Topliss-reactive ketones (excluding diaryl/α,β-unsaturated/α-hetero) is 1. The van der Waals surface area contributed by atoms with Gasteiger partial charge in [-0.1, -0.05) is 43.5 Å². The molecule has 19 heavy (non-hydrogen) atoms. The lowest BCUT2D eigenvalue weighted by Gasteiger charge is -2.36. The van der Waals surface area contributed by atoms with E-state index in [0.717, 1.165) is 12.8 Å². The van der Waals surface area contributed by atoms with Gasteiger partial charge in [-0.05, 0) is 37.9 Å². The molecular formula is C17H25NO. The van der Waals surface area contributed by atoms with Crippen molar-refractivity contribution < 1.29 is 4.79 Å². The van der Waals surface area contributed by atoms with Crippen LogP contribution < -0.4 is 5.32 Å². The molecule has 2 rings (SSSR count). The van der Waals surface area contributed by atoms with E-state index < -0.39 is 0 Å². The minimum atomic E-state index is 0.0675. The molecule has 1 aliphatic carbocycles. The standard InChI is InChI=1S/C17H25NO/c1-14-8-4-5-9-15(14)12-16(19)13-17(18-2)10-6-3-7-11-17/h4-5,8-9,18H,3,6-7,10-13H2,1-2H3. The second-order valence-corrected chi connectivity index (χ2v) is 5.91. The van der Waals surface area contributed by atoms with Crippen molar-refractivity contribution in [1.82, 2.24) is 5.32 Å². The van der Waals surface area contributed by atoms with Crippen molar-refractivity contribution >= 4 is 5.78 Å². The van der Waals surface area contributed by atoms with Gasteiger partial charge in [-0.3, -0.25) is 4.79 Å². The lowest BCUT2D eigenvalue weighted by Crippen LogP contribution is -2.46. The van der Waals surface area contributed by atoms with Crippen LogP contribution in [-0.4, -0.2) is 18.4 Å². The summed E-state index contributed by atoms with van der Waals surface area (Å²) < 4.78 is 0. The van der Waals surface area contributed by atoms with Crippen LogP contribution >= 0.6 is 0 Å². The van der Waals surface area contributed by atoms with Crippen LogP contribution in [0.1, 0.15) is 49.7 Å². The SMILES string of the molecule is CNC1(CC(=O)Cc2ccccc2C)CCCCC1. The van der Waals surface area contributed by atoms with E-state index in [1.807, 2.05) is 19.2 Å². The highest BCUT2D eigenvalue weighted by molar-refractivity contribution is 5.82. The third kappa shape index (κ3) is 3.66. The highest BCUT2D eigenvalue weighted by Gasteiger charge is 2.32. The van der Waals surface area contributed by atoms with Crippen LogP contribution in [0.25, 0.3) is 0 Å². The van der Waals surface area contributed by atoms with E-state index in [-0.39, 0.29) is 5.54 Å². The summed E-state index contributed by atoms with van der Waals surface area (Å²) >= 11 is 0. The third-order valence-corrected chi connectivity index (χ3v) is 4.53. The molecule has 1 fully saturated rings. The fourth-order valence-electron chi connectivity index (χ4n) is 3.20. The summed E-state index contributed by atoms with van der Waals surface area (Å²) in [6.45, 7) is 2.08. The molecule has 0 saturated heterocycles. The zero-order chi connectivity index (χ0) is 13.7. The summed E-state index contributed by atoms with van der Waals surface area (Å²) in [7, 11) is 2.01. The predicted octanol–water partition coefficient (Wildman–Crippen LogP) is 3.42. The Bertz CT molecular complexity index is 433. The maximum atomic E-state index is 12.4. The molecule has 1 N–H and O–H groups in total. The van der Waals surface area contributed by atoms with Gasteiger partial charge in [-0.2, -0.15) is 0 Å². The van der Waals surface area contributed by atoms with Gasteiger partial charge in [0, 0.05) is 18.4 Å². The Kier molecular flexibility index (Phi) is 4.76. The predicted molar refractivity (Wildman–Crippen MR) is 79.4 cm³/mol. The Hall–Kier alpha value is -1.15. The molecule has 1 aromatic carbocycles. The molecular weight excluding hydrogens is 234 g/mol. The summed E-state index contributed by atoms with van der Waals surface area (Å²) in [5.74, 6) is 0.366. The van der Waals surface area contributed by atoms with Gasteiger partial charge in [-0.25, -0.2) is 0 Å². The average Bonchev–Trinajstić information content (AvgIpc) is 2.42. The van der Waals surface area contributed by atoms with Crippen LogP contribution in [0, 0.1) is 6.92 Å². The summed E-state index contributed by atoms with van der Waals surface area (Å²) in [6.07, 6.45) is 7.35. The van der Waals surface area contributed by atoms with Crippen molar-refractivity contribution in [1.29, 1.82) is 0 Å². The molecule has 1 saturated carbocycles. The molecule has 2 nitrogen and oxygen atoms in total. The van der Waals surface area contributed by atoms with Gasteiger partial charge >= 0.3 is 0 Å². The van der Waals surface area contributed by atoms with Crippen molar-refractivity contribution in [3.05, 3.63) is 35.4 Å². The molecule has 1 aromatic rings. The van der Waals surface area contributed by atoms with Gasteiger partial charge < -0.3 is 5.32 Å². The molecule has 0 amide bonds. The number of rotatable bonds is 5. The van der Waals surface area contributed by atoms with Crippen molar-refractivity contribution in [2.45, 2.75) is 57.4 Å². The topological polar surface area (TPSA) is 29.1 Å². The third-order valence-electron chi connectivity index (χ3n) is 4.53. The number of nitrogens with one attached hydrogen (secondary N) is 1. The lowest BCUT2D eigenvalue weighted by atomic mass is 9.77. The first-order valence-electron chi connectivity index (χ1n) is 7.40. The summed E-state index contributed by atoms with van der Waals surface area (Å²) in [5.41, 5.74) is 2.46. The van der Waals surface area contributed by atoms with Crippen molar-refractivity contribution in [2.75, 3.05) is 7.05 Å². The van der Waals surface area contributed by atoms with Gasteiger partial charge in [0.15, 0.2) is 0 Å². The second kappa shape index (κ2) is 6.33. The molecule has 0 bridgehead atoms. The van der Waals surface area contributed by atoms with E-state index >= 15 is 0 Å². The fourth-order valence-corrected chi connectivity index (χ4v) is 3.20. The number of carbonyl (C=O) groups excluding carboxylic acids is 1. The minimum absolute atomic E-state index is 0.0675. The normalized spacial score (nSPS) is 18.2. The maximum absolute atomic E-state index is 12.4. The van der Waals surface area contributed by atoms with Crippen LogP contribution in [0.5, 0.6) is 0 Å². The summed E-state index contributed by atoms with van der Waals surface area (Å²) in [5, 5.41) is 3.43. The van der Waals surface area contributed by atoms with Gasteiger partial charge in [0.05, 0.1) is 0 Å². The van der Waals surface area contributed by atoms with E-state index in [1.54, 1.807) is 0 Å². The number of carbonyl (C=O) groups is 1. The van der Waals surface area contributed by atoms with Crippen LogP contribution in [-0.2, 0) is 11.2 Å². The number of ketones is 1. The molecule has 2 heteroatoms. The van der Waals surface area contributed by atoms with E-state index in [9.17, 15) is 4.79 Å². The quantitative estimate of drug-likeness (QED) is 0.878. The first kappa shape index (κ1) is 14.3. The second-order valence-electron chi connectivity index (χ2n) is 5.91. The monoisotopic (exact) mass is 259 g/mol. The molecule has 0 atom stereocenters. The van der Waals surface area contributed by atoms with E-state index in [2.05, 4.69) is 24.4 Å². The van der Waals surface area contributed by atoms with Crippen molar-refractivity contribution in [3.8, 4) is 0 Å². The molecule has 0 spiro atoms. The van der Waals surface area contributed by atoms with Crippen LogP contribution in [0.4, 0.5) is 0 Å². The van der Waals surface area contributed by atoms with Gasteiger partial charge in [0.2, 0.25) is 0 Å². The Balaban J connectivity index is 1.98. The van der Waals surface area contributed by atoms with Crippen LogP contribution in [0.3, 0.4) is 0 Å². The zero-order valence-electron chi connectivity index (χ0n) is 12.2. The first-order valence-corrected chi connectivity index (χ1v) is 7.40. The van der Waals surface area contributed by atoms with Crippen LogP contribution in [0.15, 0.2) is 24.3 Å². The van der Waals surface area contributed by atoms with E-state index in [4.69, 9.17) is 0 Å². The van der Waals surface area contributed by atoms with Crippen molar-refractivity contribution in [2.24, 2.45) is 0 Å². The number of hydrogen-bond donors (Lipinski definition) is 1. The number of hydrogen-bond acceptors (Lipinski definition) is 2. The molecule has 0 radical (unpaired) electrons. The molecule has 0 aliphatic heterocycles.